The second-order valence-electron chi connectivity index (χ2n) is 6.94. The van der Waals surface area contributed by atoms with Crippen molar-refractivity contribution in [1.29, 1.82) is 0 Å². The predicted molar refractivity (Wildman–Crippen MR) is 87.2 cm³/mol. The zero-order valence-electron chi connectivity index (χ0n) is 13.7. The minimum Gasteiger partial charge on any atom is -0.439 e. The van der Waals surface area contributed by atoms with Crippen molar-refractivity contribution in [1.82, 2.24) is 10.3 Å². The van der Waals surface area contributed by atoms with E-state index < -0.39 is 0 Å². The van der Waals surface area contributed by atoms with Crippen LogP contribution < -0.4 is 5.32 Å². The maximum Gasteiger partial charge on any atom is 0.208 e. The molecule has 21 heavy (non-hydrogen) atoms. The fourth-order valence-electron chi connectivity index (χ4n) is 2.34. The van der Waals surface area contributed by atoms with Crippen LogP contribution in [0.3, 0.4) is 0 Å². The van der Waals surface area contributed by atoms with Gasteiger partial charge in [-0.1, -0.05) is 58.9 Å². The van der Waals surface area contributed by atoms with Crippen LogP contribution in [-0.4, -0.2) is 11.5 Å². The van der Waals surface area contributed by atoms with E-state index in [4.69, 9.17) is 4.42 Å². The van der Waals surface area contributed by atoms with Crippen LogP contribution in [0.5, 0.6) is 0 Å². The highest BCUT2D eigenvalue weighted by molar-refractivity contribution is 5.63. The van der Waals surface area contributed by atoms with E-state index in [1.54, 1.807) is 0 Å². The van der Waals surface area contributed by atoms with E-state index in [1.807, 2.05) is 12.3 Å². The lowest BCUT2D eigenvalue weighted by molar-refractivity contribution is 0.458. The molecular formula is C18H26N2O. The maximum absolute atomic E-state index is 5.91. The van der Waals surface area contributed by atoms with Gasteiger partial charge in [-0.3, -0.25) is 0 Å². The lowest BCUT2D eigenvalue weighted by Gasteiger charge is -2.21. The topological polar surface area (TPSA) is 38.1 Å². The molecule has 0 aliphatic rings. The van der Waals surface area contributed by atoms with Gasteiger partial charge in [0.25, 0.3) is 0 Å². The van der Waals surface area contributed by atoms with E-state index in [0.29, 0.717) is 12.5 Å². The van der Waals surface area contributed by atoms with Gasteiger partial charge in [0.2, 0.25) is 5.89 Å². The van der Waals surface area contributed by atoms with Gasteiger partial charge in [0.05, 0.1) is 12.7 Å². The molecule has 114 valence electrons. The van der Waals surface area contributed by atoms with E-state index >= 15 is 0 Å². The highest BCUT2D eigenvalue weighted by Crippen LogP contribution is 2.33. The zero-order valence-corrected chi connectivity index (χ0v) is 13.7. The predicted octanol–water partition coefficient (Wildman–Crippen LogP) is 4.38. The molecule has 0 saturated heterocycles. The third-order valence-electron chi connectivity index (χ3n) is 3.38. The number of aromatic nitrogens is 1. The summed E-state index contributed by atoms with van der Waals surface area (Å²) in [5.74, 6) is 2.22. The highest BCUT2D eigenvalue weighted by atomic mass is 16.4. The number of hydrogen-bond acceptors (Lipinski definition) is 3. The van der Waals surface area contributed by atoms with Gasteiger partial charge in [-0.05, 0) is 23.4 Å². The molecule has 0 atom stereocenters. The molecule has 3 heteroatoms. The van der Waals surface area contributed by atoms with E-state index in [2.05, 4.69) is 63.1 Å². The van der Waals surface area contributed by atoms with Crippen LogP contribution in [-0.2, 0) is 12.0 Å². The van der Waals surface area contributed by atoms with Gasteiger partial charge in [0.1, 0.15) is 0 Å². The van der Waals surface area contributed by atoms with Crippen molar-refractivity contribution in [2.75, 3.05) is 6.54 Å². The van der Waals surface area contributed by atoms with Crippen LogP contribution in [0, 0.1) is 5.92 Å². The van der Waals surface area contributed by atoms with Gasteiger partial charge in [0.15, 0.2) is 5.76 Å². The number of nitrogens with one attached hydrogen (secondary N) is 1. The van der Waals surface area contributed by atoms with Gasteiger partial charge in [-0.2, -0.15) is 0 Å². The van der Waals surface area contributed by atoms with Crippen LogP contribution in [0.1, 0.15) is 46.1 Å². The molecule has 0 radical (unpaired) electrons. The molecule has 1 heterocycles. The molecule has 0 fully saturated rings. The van der Waals surface area contributed by atoms with Crippen molar-refractivity contribution >= 4 is 0 Å². The zero-order chi connectivity index (χ0) is 15.5. The molecule has 0 spiro atoms. The minimum atomic E-state index is 0.0828. The second-order valence-corrected chi connectivity index (χ2v) is 6.94. The van der Waals surface area contributed by atoms with Gasteiger partial charge >= 0.3 is 0 Å². The van der Waals surface area contributed by atoms with Gasteiger partial charge in [-0.15, -0.1) is 0 Å². The minimum absolute atomic E-state index is 0.0828. The Kier molecular flexibility index (Phi) is 4.84. The van der Waals surface area contributed by atoms with Gasteiger partial charge < -0.3 is 9.73 Å². The van der Waals surface area contributed by atoms with Crippen LogP contribution >= 0.6 is 0 Å². The summed E-state index contributed by atoms with van der Waals surface area (Å²) in [7, 11) is 0. The first-order valence-corrected chi connectivity index (χ1v) is 7.63. The molecule has 2 aromatic rings. The number of rotatable bonds is 5. The Morgan fingerprint density at radius 1 is 1.19 bits per heavy atom. The summed E-state index contributed by atoms with van der Waals surface area (Å²) in [6.45, 7) is 12.7. The summed E-state index contributed by atoms with van der Waals surface area (Å²) in [6.07, 6.45) is 1.83. The molecule has 2 rings (SSSR count). The number of nitrogens with zero attached hydrogens (tertiary/aromatic N) is 1. The Hall–Kier alpha value is -1.61. The van der Waals surface area contributed by atoms with Crippen molar-refractivity contribution in [2.24, 2.45) is 5.92 Å². The van der Waals surface area contributed by atoms with Crippen LogP contribution in [0.2, 0.25) is 0 Å². The molecule has 0 amide bonds. The van der Waals surface area contributed by atoms with Crippen molar-refractivity contribution in [3.05, 3.63) is 41.9 Å². The van der Waals surface area contributed by atoms with E-state index in [1.165, 1.54) is 5.56 Å². The molecule has 3 nitrogen and oxygen atoms in total. The van der Waals surface area contributed by atoms with Crippen LogP contribution in [0.15, 0.2) is 34.9 Å². The fraction of sp³-hybridized carbons (Fsp3) is 0.500. The fourth-order valence-corrected chi connectivity index (χ4v) is 2.34. The summed E-state index contributed by atoms with van der Waals surface area (Å²) < 4.78 is 5.91. The summed E-state index contributed by atoms with van der Waals surface area (Å²) in [5.41, 5.74) is 2.50. The Morgan fingerprint density at radius 3 is 2.57 bits per heavy atom. The quantitative estimate of drug-likeness (QED) is 0.886. The van der Waals surface area contributed by atoms with Crippen molar-refractivity contribution in [2.45, 2.75) is 46.6 Å². The molecular weight excluding hydrogens is 260 g/mol. The second kappa shape index (κ2) is 6.44. The standard InChI is InChI=1S/C18H26N2O/c1-13(2)10-19-12-17-20-11-16(21-17)14-8-6-7-9-15(14)18(3,4)5/h6-9,11,13,19H,10,12H2,1-5H3. The first kappa shape index (κ1) is 15.8. The lowest BCUT2D eigenvalue weighted by atomic mass is 9.83. The lowest BCUT2D eigenvalue weighted by Crippen LogP contribution is -2.19. The highest BCUT2D eigenvalue weighted by Gasteiger charge is 2.20. The first-order valence-electron chi connectivity index (χ1n) is 7.63. The SMILES string of the molecule is CC(C)CNCc1ncc(-c2ccccc2C(C)(C)C)o1. The first-order chi connectivity index (χ1) is 9.88. The molecule has 0 saturated carbocycles. The Bertz CT molecular complexity index is 579. The van der Waals surface area contributed by atoms with Gasteiger partial charge in [0, 0.05) is 5.56 Å². The molecule has 1 N–H and O–H groups in total. The van der Waals surface area contributed by atoms with E-state index in [0.717, 1.165) is 23.8 Å². The monoisotopic (exact) mass is 286 g/mol. The smallest absolute Gasteiger partial charge is 0.208 e. The van der Waals surface area contributed by atoms with Crippen molar-refractivity contribution in [3.8, 4) is 11.3 Å². The average Bonchev–Trinajstić information content (AvgIpc) is 2.86. The molecule has 0 bridgehead atoms. The Labute approximate surface area is 127 Å². The summed E-state index contributed by atoms with van der Waals surface area (Å²) in [6, 6.07) is 8.39. The third-order valence-corrected chi connectivity index (χ3v) is 3.38. The number of benzene rings is 1. The molecule has 0 unspecified atom stereocenters. The largest absolute Gasteiger partial charge is 0.439 e. The van der Waals surface area contributed by atoms with Crippen LogP contribution in [0.25, 0.3) is 11.3 Å². The van der Waals surface area contributed by atoms with Crippen molar-refractivity contribution < 1.29 is 4.42 Å². The maximum atomic E-state index is 5.91. The van der Waals surface area contributed by atoms with Crippen LogP contribution in [0.4, 0.5) is 0 Å². The van der Waals surface area contributed by atoms with E-state index in [9.17, 15) is 0 Å². The molecule has 1 aromatic carbocycles. The summed E-state index contributed by atoms with van der Waals surface area (Å²) in [5, 5.41) is 3.35. The Balaban J connectivity index is 2.18. The molecule has 0 aliphatic carbocycles. The van der Waals surface area contributed by atoms with Gasteiger partial charge in [-0.25, -0.2) is 4.98 Å². The number of oxazole rings is 1. The van der Waals surface area contributed by atoms with Crippen molar-refractivity contribution in [3.63, 3.8) is 0 Å². The normalized spacial score (nSPS) is 12.1. The van der Waals surface area contributed by atoms with E-state index in [-0.39, 0.29) is 5.41 Å². The molecule has 1 aromatic heterocycles. The summed E-state index contributed by atoms with van der Waals surface area (Å²) >= 11 is 0. The number of hydrogen-bond donors (Lipinski definition) is 1. The summed E-state index contributed by atoms with van der Waals surface area (Å²) in [4.78, 5) is 4.38. The third kappa shape index (κ3) is 4.18. The Morgan fingerprint density at radius 2 is 1.90 bits per heavy atom. The average molecular weight is 286 g/mol. The molecule has 0 aliphatic heterocycles.